The summed E-state index contributed by atoms with van der Waals surface area (Å²) in [6.07, 6.45) is 3.76. The van der Waals surface area contributed by atoms with Crippen molar-refractivity contribution in [1.82, 2.24) is 15.2 Å². The fraction of sp³-hybridized carbons (Fsp3) is 0.583. The van der Waals surface area contributed by atoms with Crippen molar-refractivity contribution in [1.29, 1.82) is 0 Å². The average molecular weight is 221 g/mol. The predicted octanol–water partition coefficient (Wildman–Crippen LogP) is 0.633. The molecule has 0 saturated carbocycles. The molecule has 2 heterocycles. The SMILES string of the molecule is COCc1cnccc1CN1CCNCC1. The number of rotatable bonds is 4. The molecular weight excluding hydrogens is 202 g/mol. The molecule has 0 bridgehead atoms. The molecule has 0 amide bonds. The van der Waals surface area contributed by atoms with Gasteiger partial charge in [0.15, 0.2) is 0 Å². The average Bonchev–Trinajstić information content (AvgIpc) is 2.33. The number of nitrogens with zero attached hydrogens (tertiary/aromatic N) is 2. The van der Waals surface area contributed by atoms with E-state index in [0.717, 1.165) is 32.7 Å². The summed E-state index contributed by atoms with van der Waals surface area (Å²) in [6, 6.07) is 2.09. The Kier molecular flexibility index (Phi) is 4.27. The molecule has 1 saturated heterocycles. The van der Waals surface area contributed by atoms with Gasteiger partial charge in [0.25, 0.3) is 0 Å². The number of pyridine rings is 1. The van der Waals surface area contributed by atoms with E-state index in [4.69, 9.17) is 4.74 Å². The van der Waals surface area contributed by atoms with Gasteiger partial charge in [0.05, 0.1) is 6.61 Å². The van der Waals surface area contributed by atoms with E-state index in [2.05, 4.69) is 21.3 Å². The van der Waals surface area contributed by atoms with Crippen molar-refractivity contribution in [2.75, 3.05) is 33.3 Å². The lowest BCUT2D eigenvalue weighted by Gasteiger charge is -2.27. The molecule has 1 fully saturated rings. The Labute approximate surface area is 96.6 Å². The fourth-order valence-corrected chi connectivity index (χ4v) is 2.01. The molecule has 4 nitrogen and oxygen atoms in total. The first-order valence-corrected chi connectivity index (χ1v) is 5.74. The van der Waals surface area contributed by atoms with Gasteiger partial charge in [-0.2, -0.15) is 0 Å². The zero-order valence-corrected chi connectivity index (χ0v) is 9.78. The Morgan fingerprint density at radius 3 is 2.94 bits per heavy atom. The highest BCUT2D eigenvalue weighted by Crippen LogP contribution is 2.11. The van der Waals surface area contributed by atoms with Gasteiger partial charge in [0.2, 0.25) is 0 Å². The summed E-state index contributed by atoms with van der Waals surface area (Å²) in [5.41, 5.74) is 2.53. The molecule has 0 atom stereocenters. The van der Waals surface area contributed by atoms with Crippen LogP contribution in [-0.2, 0) is 17.9 Å². The van der Waals surface area contributed by atoms with Crippen LogP contribution in [0, 0.1) is 0 Å². The minimum Gasteiger partial charge on any atom is -0.380 e. The molecular formula is C12H19N3O. The fourth-order valence-electron chi connectivity index (χ4n) is 2.01. The maximum absolute atomic E-state index is 5.19. The molecule has 0 unspecified atom stereocenters. The lowest BCUT2D eigenvalue weighted by Crippen LogP contribution is -2.43. The summed E-state index contributed by atoms with van der Waals surface area (Å²) in [6.45, 7) is 6.07. The molecule has 1 aromatic heterocycles. The maximum Gasteiger partial charge on any atom is 0.0731 e. The number of methoxy groups -OCH3 is 1. The highest BCUT2D eigenvalue weighted by molar-refractivity contribution is 5.22. The summed E-state index contributed by atoms with van der Waals surface area (Å²) >= 11 is 0. The van der Waals surface area contributed by atoms with E-state index >= 15 is 0 Å². The van der Waals surface area contributed by atoms with Gasteiger partial charge in [-0.25, -0.2) is 0 Å². The Morgan fingerprint density at radius 2 is 2.19 bits per heavy atom. The van der Waals surface area contributed by atoms with Crippen molar-refractivity contribution in [2.24, 2.45) is 0 Å². The van der Waals surface area contributed by atoms with Crippen LogP contribution in [0.1, 0.15) is 11.1 Å². The second-order valence-corrected chi connectivity index (χ2v) is 4.10. The van der Waals surface area contributed by atoms with E-state index in [-0.39, 0.29) is 0 Å². The normalized spacial score (nSPS) is 17.6. The summed E-state index contributed by atoms with van der Waals surface area (Å²) < 4.78 is 5.19. The van der Waals surface area contributed by atoms with E-state index < -0.39 is 0 Å². The first-order chi connectivity index (χ1) is 7.90. The molecule has 1 N–H and O–H groups in total. The molecule has 2 rings (SSSR count). The third-order valence-corrected chi connectivity index (χ3v) is 2.91. The Morgan fingerprint density at radius 1 is 1.38 bits per heavy atom. The van der Waals surface area contributed by atoms with E-state index in [0.29, 0.717) is 6.61 Å². The van der Waals surface area contributed by atoms with Gasteiger partial charge in [0, 0.05) is 57.8 Å². The van der Waals surface area contributed by atoms with E-state index in [1.165, 1.54) is 11.1 Å². The highest BCUT2D eigenvalue weighted by atomic mass is 16.5. The topological polar surface area (TPSA) is 37.4 Å². The minimum absolute atomic E-state index is 0.648. The van der Waals surface area contributed by atoms with Crippen molar-refractivity contribution in [3.8, 4) is 0 Å². The lowest BCUT2D eigenvalue weighted by molar-refractivity contribution is 0.180. The van der Waals surface area contributed by atoms with Crippen LogP contribution < -0.4 is 5.32 Å². The zero-order valence-electron chi connectivity index (χ0n) is 9.78. The molecule has 0 aliphatic carbocycles. The number of piperazine rings is 1. The summed E-state index contributed by atoms with van der Waals surface area (Å²) in [7, 11) is 1.72. The van der Waals surface area contributed by atoms with Crippen molar-refractivity contribution in [3.05, 3.63) is 29.6 Å². The van der Waals surface area contributed by atoms with Gasteiger partial charge in [-0.15, -0.1) is 0 Å². The van der Waals surface area contributed by atoms with Crippen LogP contribution in [-0.4, -0.2) is 43.2 Å². The summed E-state index contributed by atoms with van der Waals surface area (Å²) in [5, 5.41) is 3.36. The third-order valence-electron chi connectivity index (χ3n) is 2.91. The van der Waals surface area contributed by atoms with E-state index in [9.17, 15) is 0 Å². The van der Waals surface area contributed by atoms with Crippen LogP contribution in [0.15, 0.2) is 18.5 Å². The van der Waals surface area contributed by atoms with Gasteiger partial charge >= 0.3 is 0 Å². The second-order valence-electron chi connectivity index (χ2n) is 4.10. The Balaban J connectivity index is 2.01. The maximum atomic E-state index is 5.19. The van der Waals surface area contributed by atoms with Crippen molar-refractivity contribution >= 4 is 0 Å². The van der Waals surface area contributed by atoms with Crippen LogP contribution in [0.4, 0.5) is 0 Å². The first-order valence-electron chi connectivity index (χ1n) is 5.74. The molecule has 0 radical (unpaired) electrons. The smallest absolute Gasteiger partial charge is 0.0731 e. The third kappa shape index (κ3) is 3.01. The highest BCUT2D eigenvalue weighted by Gasteiger charge is 2.11. The minimum atomic E-state index is 0.648. The van der Waals surface area contributed by atoms with Gasteiger partial charge < -0.3 is 10.1 Å². The molecule has 4 heteroatoms. The predicted molar refractivity (Wildman–Crippen MR) is 63.1 cm³/mol. The summed E-state index contributed by atoms with van der Waals surface area (Å²) in [5.74, 6) is 0. The number of nitrogens with one attached hydrogen (secondary N) is 1. The van der Waals surface area contributed by atoms with Crippen molar-refractivity contribution in [2.45, 2.75) is 13.2 Å². The van der Waals surface area contributed by atoms with Crippen LogP contribution in [0.2, 0.25) is 0 Å². The molecule has 1 aliphatic heterocycles. The van der Waals surface area contributed by atoms with Crippen LogP contribution in [0.3, 0.4) is 0 Å². The molecule has 16 heavy (non-hydrogen) atoms. The van der Waals surface area contributed by atoms with Gasteiger partial charge in [-0.3, -0.25) is 9.88 Å². The lowest BCUT2D eigenvalue weighted by atomic mass is 10.1. The van der Waals surface area contributed by atoms with Crippen molar-refractivity contribution < 1.29 is 4.74 Å². The van der Waals surface area contributed by atoms with Gasteiger partial charge in [-0.05, 0) is 11.6 Å². The molecule has 0 aromatic carbocycles. The second kappa shape index (κ2) is 5.94. The molecule has 0 spiro atoms. The summed E-state index contributed by atoms with van der Waals surface area (Å²) in [4.78, 5) is 6.61. The number of ether oxygens (including phenoxy) is 1. The first kappa shape index (κ1) is 11.5. The van der Waals surface area contributed by atoms with Crippen LogP contribution in [0.25, 0.3) is 0 Å². The zero-order chi connectivity index (χ0) is 11.2. The Hall–Kier alpha value is -0.970. The van der Waals surface area contributed by atoms with Crippen molar-refractivity contribution in [3.63, 3.8) is 0 Å². The largest absolute Gasteiger partial charge is 0.380 e. The molecule has 1 aliphatic rings. The van der Waals surface area contributed by atoms with Gasteiger partial charge in [-0.1, -0.05) is 0 Å². The van der Waals surface area contributed by atoms with Crippen LogP contribution >= 0.6 is 0 Å². The van der Waals surface area contributed by atoms with Gasteiger partial charge in [0.1, 0.15) is 0 Å². The molecule has 1 aromatic rings. The number of hydrogen-bond acceptors (Lipinski definition) is 4. The monoisotopic (exact) mass is 221 g/mol. The standard InChI is InChI=1S/C12H19N3O/c1-16-10-12-8-14-3-2-11(12)9-15-6-4-13-5-7-15/h2-3,8,13H,4-7,9-10H2,1H3. The molecule has 88 valence electrons. The number of hydrogen-bond donors (Lipinski definition) is 1. The van der Waals surface area contributed by atoms with Crippen LogP contribution in [0.5, 0.6) is 0 Å². The number of aromatic nitrogens is 1. The van der Waals surface area contributed by atoms with E-state index in [1.807, 2.05) is 12.4 Å². The quantitative estimate of drug-likeness (QED) is 0.809. The Bertz CT molecular complexity index is 324. The van der Waals surface area contributed by atoms with E-state index in [1.54, 1.807) is 7.11 Å².